The number of carboxylic acids is 2. The Kier molecular flexibility index (Phi) is 13.2. The van der Waals surface area contributed by atoms with Gasteiger partial charge in [-0.05, 0) is 55.7 Å². The predicted molar refractivity (Wildman–Crippen MR) is 137 cm³/mol. The zero-order valence-corrected chi connectivity index (χ0v) is 21.9. The van der Waals surface area contributed by atoms with Crippen LogP contribution in [-0.2, 0) is 4.74 Å². The molecule has 10 nitrogen and oxygen atoms in total. The summed E-state index contributed by atoms with van der Waals surface area (Å²) in [5, 5.41) is 18.0. The molecule has 0 spiro atoms. The minimum atomic E-state index is -1.11. The summed E-state index contributed by atoms with van der Waals surface area (Å²) in [6.07, 6.45) is 2.46. The van der Waals surface area contributed by atoms with Crippen molar-refractivity contribution in [1.29, 1.82) is 0 Å². The fourth-order valence-electron chi connectivity index (χ4n) is 3.07. The number of nitrogens with zero attached hydrogens (tertiary/aromatic N) is 1. The molecule has 0 radical (unpaired) electrons. The monoisotopic (exact) mass is 517 g/mol. The van der Waals surface area contributed by atoms with Crippen LogP contribution < -0.4 is 9.47 Å². The zero-order chi connectivity index (χ0) is 28.0. The number of methoxy groups -OCH3 is 1. The van der Waals surface area contributed by atoms with Crippen molar-refractivity contribution in [3.8, 4) is 11.5 Å². The molecule has 0 atom stereocenters. The molecular weight excluding hydrogens is 482 g/mol. The number of hydrogen-bond acceptors (Lipinski definition) is 7. The molecule has 0 aliphatic heterocycles. The van der Waals surface area contributed by atoms with E-state index in [2.05, 4.69) is 4.74 Å². The van der Waals surface area contributed by atoms with Gasteiger partial charge in [-0.2, -0.15) is 0 Å². The fraction of sp³-hybridized carbons (Fsp3) is 0.407. The van der Waals surface area contributed by atoms with Crippen molar-refractivity contribution in [2.75, 3.05) is 33.9 Å². The van der Waals surface area contributed by atoms with Crippen molar-refractivity contribution >= 4 is 23.8 Å². The Hall–Kier alpha value is -4.08. The van der Waals surface area contributed by atoms with Gasteiger partial charge >= 0.3 is 17.9 Å². The fourth-order valence-corrected chi connectivity index (χ4v) is 3.07. The van der Waals surface area contributed by atoms with Crippen LogP contribution >= 0.6 is 0 Å². The van der Waals surface area contributed by atoms with Gasteiger partial charge in [0.1, 0.15) is 11.5 Å². The summed E-state index contributed by atoms with van der Waals surface area (Å²) in [7, 11) is 2.94. The Balaban J connectivity index is 0.000000375. The third-order valence-corrected chi connectivity index (χ3v) is 4.83. The van der Waals surface area contributed by atoms with Gasteiger partial charge < -0.3 is 29.3 Å². The minimum Gasteiger partial charge on any atom is -0.494 e. The number of carboxylic acid groups (broad SMARTS) is 2. The molecule has 202 valence electrons. The summed E-state index contributed by atoms with van der Waals surface area (Å²) in [4.78, 5) is 47.1. The predicted octanol–water partition coefficient (Wildman–Crippen LogP) is 4.62. The largest absolute Gasteiger partial charge is 0.494 e. The molecular formula is C27H35NO9. The lowest BCUT2D eigenvalue weighted by Gasteiger charge is -2.17. The summed E-state index contributed by atoms with van der Waals surface area (Å²) in [6.45, 7) is 7.45. The van der Waals surface area contributed by atoms with Gasteiger partial charge in [-0.15, -0.1) is 0 Å². The number of benzene rings is 2. The van der Waals surface area contributed by atoms with Crippen molar-refractivity contribution in [2.24, 2.45) is 0 Å². The first kappa shape index (κ1) is 31.0. The molecule has 0 bridgehead atoms. The molecule has 0 aliphatic carbocycles. The average Bonchev–Trinajstić information content (AvgIpc) is 2.89. The first-order valence-corrected chi connectivity index (χ1v) is 11.9. The lowest BCUT2D eigenvalue weighted by Crippen LogP contribution is -2.27. The topological polar surface area (TPSA) is 140 Å². The summed E-state index contributed by atoms with van der Waals surface area (Å²) in [6, 6.07) is 8.52. The summed E-state index contributed by atoms with van der Waals surface area (Å²) >= 11 is 0. The highest BCUT2D eigenvalue weighted by atomic mass is 16.5. The lowest BCUT2D eigenvalue weighted by molar-refractivity contribution is 0.0599. The Morgan fingerprint density at radius 1 is 0.703 bits per heavy atom. The van der Waals surface area contributed by atoms with E-state index in [9.17, 15) is 19.2 Å². The number of esters is 1. The lowest BCUT2D eigenvalue weighted by atomic mass is 10.1. The van der Waals surface area contributed by atoms with Crippen LogP contribution in [0.2, 0.25) is 0 Å². The van der Waals surface area contributed by atoms with Crippen LogP contribution in [0.15, 0.2) is 36.4 Å². The van der Waals surface area contributed by atoms with E-state index in [0.717, 1.165) is 19.3 Å². The van der Waals surface area contributed by atoms with Crippen molar-refractivity contribution in [1.82, 2.24) is 4.90 Å². The van der Waals surface area contributed by atoms with Crippen LogP contribution in [0.3, 0.4) is 0 Å². The van der Waals surface area contributed by atoms with E-state index in [1.165, 1.54) is 37.4 Å². The highest BCUT2D eigenvalue weighted by molar-refractivity contribution is 5.98. The number of amides is 1. The van der Waals surface area contributed by atoms with Crippen molar-refractivity contribution in [2.45, 2.75) is 40.0 Å². The van der Waals surface area contributed by atoms with E-state index < -0.39 is 17.9 Å². The molecule has 0 aromatic heterocycles. The number of hydrogen-bond donors (Lipinski definition) is 2. The molecule has 2 rings (SSSR count). The number of aromatic carboxylic acids is 2. The van der Waals surface area contributed by atoms with E-state index in [4.69, 9.17) is 19.7 Å². The SMILES string of the molecule is CCCOc1cc(C(=O)O)cc(C(=O)N(C)CCC)c1.CCCOc1cc(C(=O)O)cc(C(=O)OC)c1. The van der Waals surface area contributed by atoms with Gasteiger partial charge in [0.05, 0.1) is 37.0 Å². The molecule has 10 heteroatoms. The zero-order valence-electron chi connectivity index (χ0n) is 21.9. The molecule has 0 fully saturated rings. The molecule has 0 saturated heterocycles. The highest BCUT2D eigenvalue weighted by Crippen LogP contribution is 2.20. The number of carbonyl (C=O) groups excluding carboxylic acids is 2. The molecule has 0 heterocycles. The number of ether oxygens (including phenoxy) is 3. The molecule has 2 aromatic carbocycles. The van der Waals surface area contributed by atoms with Gasteiger partial charge in [0.25, 0.3) is 5.91 Å². The second kappa shape index (κ2) is 15.8. The smallest absolute Gasteiger partial charge is 0.338 e. The van der Waals surface area contributed by atoms with E-state index in [1.807, 2.05) is 20.8 Å². The summed E-state index contributed by atoms with van der Waals surface area (Å²) in [5.41, 5.74) is 0.566. The van der Waals surface area contributed by atoms with Gasteiger partial charge in [-0.1, -0.05) is 20.8 Å². The van der Waals surface area contributed by atoms with Gasteiger partial charge in [-0.25, -0.2) is 14.4 Å². The van der Waals surface area contributed by atoms with Crippen molar-refractivity contribution in [3.63, 3.8) is 0 Å². The maximum absolute atomic E-state index is 12.2. The third-order valence-electron chi connectivity index (χ3n) is 4.83. The van der Waals surface area contributed by atoms with E-state index in [0.29, 0.717) is 36.8 Å². The first-order valence-electron chi connectivity index (χ1n) is 11.9. The van der Waals surface area contributed by atoms with Crippen LogP contribution in [0.5, 0.6) is 11.5 Å². The van der Waals surface area contributed by atoms with Crippen LogP contribution in [-0.4, -0.2) is 72.8 Å². The standard InChI is InChI=1S/C15H21NO4.C12H14O5/c1-4-6-16(3)14(17)11-8-12(15(18)19)10-13(9-11)20-7-5-2;1-3-4-17-10-6-8(11(13)14)5-9(7-10)12(15)16-2/h8-10H,4-7H2,1-3H3,(H,18,19);5-7H,3-4H2,1-2H3,(H,13,14). The van der Waals surface area contributed by atoms with Crippen molar-refractivity contribution in [3.05, 3.63) is 58.7 Å². The molecule has 0 saturated carbocycles. The van der Waals surface area contributed by atoms with Crippen LogP contribution in [0.4, 0.5) is 0 Å². The van der Waals surface area contributed by atoms with Gasteiger partial charge in [0.2, 0.25) is 0 Å². The summed E-state index contributed by atoms with van der Waals surface area (Å²) < 4.78 is 15.3. The maximum atomic E-state index is 12.2. The Labute approximate surface area is 216 Å². The molecule has 0 aliphatic rings. The molecule has 2 aromatic rings. The molecule has 1 amide bonds. The van der Waals surface area contributed by atoms with Crippen LogP contribution in [0.25, 0.3) is 0 Å². The second-order valence-electron chi connectivity index (χ2n) is 8.02. The third kappa shape index (κ3) is 10.2. The van der Waals surface area contributed by atoms with Crippen LogP contribution in [0, 0.1) is 0 Å². The van der Waals surface area contributed by atoms with E-state index >= 15 is 0 Å². The molecule has 2 N–H and O–H groups in total. The molecule has 0 unspecified atom stereocenters. The van der Waals surface area contributed by atoms with E-state index in [-0.39, 0.29) is 22.6 Å². The number of carbonyl (C=O) groups is 4. The normalized spacial score (nSPS) is 9.97. The quantitative estimate of drug-likeness (QED) is 0.386. The van der Waals surface area contributed by atoms with Crippen molar-refractivity contribution < 1.29 is 43.6 Å². The van der Waals surface area contributed by atoms with Gasteiger partial charge in [0.15, 0.2) is 0 Å². The number of rotatable bonds is 12. The molecule has 37 heavy (non-hydrogen) atoms. The second-order valence-corrected chi connectivity index (χ2v) is 8.02. The summed E-state index contributed by atoms with van der Waals surface area (Å²) in [5.74, 6) is -2.20. The van der Waals surface area contributed by atoms with Crippen LogP contribution in [0.1, 0.15) is 81.5 Å². The Morgan fingerprint density at radius 2 is 1.14 bits per heavy atom. The Morgan fingerprint density at radius 3 is 1.54 bits per heavy atom. The van der Waals surface area contributed by atoms with E-state index in [1.54, 1.807) is 18.0 Å². The van der Waals surface area contributed by atoms with Gasteiger partial charge in [-0.3, -0.25) is 4.79 Å². The Bertz CT molecular complexity index is 1080. The average molecular weight is 518 g/mol. The maximum Gasteiger partial charge on any atom is 0.338 e. The first-order chi connectivity index (χ1) is 17.6. The van der Waals surface area contributed by atoms with Gasteiger partial charge in [0, 0.05) is 19.2 Å². The minimum absolute atomic E-state index is 0.000923. The highest BCUT2D eigenvalue weighted by Gasteiger charge is 2.16.